The van der Waals surface area contributed by atoms with Gasteiger partial charge < -0.3 is 9.47 Å². The van der Waals surface area contributed by atoms with Crippen molar-refractivity contribution >= 4 is 33.5 Å². The second kappa shape index (κ2) is 6.26. The van der Waals surface area contributed by atoms with Crippen LogP contribution >= 0.6 is 27.5 Å². The van der Waals surface area contributed by atoms with E-state index in [0.29, 0.717) is 23.8 Å². The molecule has 3 nitrogen and oxygen atoms in total. The summed E-state index contributed by atoms with van der Waals surface area (Å²) in [7, 11) is 0. The first kappa shape index (κ1) is 14.3. The average molecular weight is 322 g/mol. The fourth-order valence-electron chi connectivity index (χ4n) is 1.19. The van der Waals surface area contributed by atoms with E-state index in [2.05, 4.69) is 15.9 Å². The van der Waals surface area contributed by atoms with Crippen molar-refractivity contribution in [3.8, 4) is 5.75 Å². The van der Waals surface area contributed by atoms with Gasteiger partial charge in [-0.25, -0.2) is 4.79 Å². The standard InChI is InChI=1S/C12H14BrClO3/c1-3-12(13,11(15)16-4-2)17-10-7-5-9(14)6-8-10/h5-8H,3-4H2,1-2H3. The summed E-state index contributed by atoms with van der Waals surface area (Å²) in [6.07, 6.45) is 0.453. The van der Waals surface area contributed by atoms with Crippen molar-refractivity contribution in [1.29, 1.82) is 0 Å². The number of carbonyl (C=O) groups is 1. The Labute approximate surface area is 114 Å². The summed E-state index contributed by atoms with van der Waals surface area (Å²) in [6.45, 7) is 3.90. The molecule has 0 aliphatic rings. The van der Waals surface area contributed by atoms with Crippen molar-refractivity contribution in [3.05, 3.63) is 29.3 Å². The van der Waals surface area contributed by atoms with Crippen LogP contribution in [0.3, 0.4) is 0 Å². The van der Waals surface area contributed by atoms with E-state index in [9.17, 15) is 4.79 Å². The van der Waals surface area contributed by atoms with E-state index in [1.165, 1.54) is 0 Å². The molecule has 1 atom stereocenters. The number of hydrogen-bond donors (Lipinski definition) is 0. The van der Waals surface area contributed by atoms with Crippen LogP contribution in [0.25, 0.3) is 0 Å². The Kier molecular flexibility index (Phi) is 5.28. The molecule has 0 bridgehead atoms. The van der Waals surface area contributed by atoms with Gasteiger partial charge in [-0.15, -0.1) is 0 Å². The van der Waals surface area contributed by atoms with Crippen LogP contribution in [-0.2, 0) is 9.53 Å². The number of alkyl halides is 1. The molecule has 1 aromatic carbocycles. The van der Waals surface area contributed by atoms with Crippen molar-refractivity contribution in [3.63, 3.8) is 0 Å². The largest absolute Gasteiger partial charge is 0.464 e. The van der Waals surface area contributed by atoms with Crippen LogP contribution in [0.5, 0.6) is 5.75 Å². The molecule has 94 valence electrons. The van der Waals surface area contributed by atoms with Crippen LogP contribution in [-0.4, -0.2) is 17.1 Å². The highest BCUT2D eigenvalue weighted by atomic mass is 79.9. The molecule has 17 heavy (non-hydrogen) atoms. The van der Waals surface area contributed by atoms with Gasteiger partial charge in [-0.2, -0.15) is 0 Å². The molecule has 0 aliphatic carbocycles. The first-order valence-corrected chi connectivity index (χ1v) is 6.49. The van der Waals surface area contributed by atoms with E-state index in [-0.39, 0.29) is 0 Å². The van der Waals surface area contributed by atoms with Gasteiger partial charge in [-0.1, -0.05) is 18.5 Å². The Bertz CT molecular complexity index is 380. The van der Waals surface area contributed by atoms with Crippen LogP contribution < -0.4 is 4.74 Å². The molecule has 0 amide bonds. The van der Waals surface area contributed by atoms with Gasteiger partial charge in [0.15, 0.2) is 0 Å². The van der Waals surface area contributed by atoms with Crippen molar-refractivity contribution in [2.45, 2.75) is 24.8 Å². The fraction of sp³-hybridized carbons (Fsp3) is 0.417. The molecule has 0 saturated carbocycles. The van der Waals surface area contributed by atoms with Crippen molar-refractivity contribution in [1.82, 2.24) is 0 Å². The minimum absolute atomic E-state index is 0.316. The molecule has 1 unspecified atom stereocenters. The average Bonchev–Trinajstić information content (AvgIpc) is 2.32. The number of carbonyl (C=O) groups excluding carboxylic acids is 1. The highest BCUT2D eigenvalue weighted by Gasteiger charge is 2.37. The van der Waals surface area contributed by atoms with E-state index in [1.807, 2.05) is 6.92 Å². The third-order valence-corrected chi connectivity index (χ3v) is 3.43. The van der Waals surface area contributed by atoms with Crippen molar-refractivity contribution in [2.24, 2.45) is 0 Å². The molecule has 0 aliphatic heterocycles. The minimum atomic E-state index is -1.14. The number of ether oxygens (including phenoxy) is 2. The zero-order chi connectivity index (χ0) is 12.9. The predicted molar refractivity (Wildman–Crippen MR) is 70.7 cm³/mol. The van der Waals surface area contributed by atoms with Gasteiger partial charge in [0.2, 0.25) is 0 Å². The Hall–Kier alpha value is -0.740. The van der Waals surface area contributed by atoms with Crippen LogP contribution in [0.2, 0.25) is 5.02 Å². The van der Waals surface area contributed by atoms with Crippen LogP contribution in [0.1, 0.15) is 20.3 Å². The Balaban J connectivity index is 2.81. The van der Waals surface area contributed by atoms with E-state index in [4.69, 9.17) is 21.1 Å². The molecule has 0 heterocycles. The lowest BCUT2D eigenvalue weighted by Gasteiger charge is -2.25. The lowest BCUT2D eigenvalue weighted by Crippen LogP contribution is -2.39. The topological polar surface area (TPSA) is 35.5 Å². The quantitative estimate of drug-likeness (QED) is 0.611. The van der Waals surface area contributed by atoms with Gasteiger partial charge >= 0.3 is 5.97 Å². The second-order valence-electron chi connectivity index (χ2n) is 3.36. The fourth-order valence-corrected chi connectivity index (χ4v) is 1.61. The lowest BCUT2D eigenvalue weighted by molar-refractivity contribution is -0.153. The van der Waals surface area contributed by atoms with E-state index in [1.54, 1.807) is 31.2 Å². The summed E-state index contributed by atoms with van der Waals surface area (Å²) in [5, 5.41) is 0.616. The van der Waals surface area contributed by atoms with Crippen LogP contribution in [0.4, 0.5) is 0 Å². The molecule has 0 spiro atoms. The number of esters is 1. The summed E-state index contributed by atoms with van der Waals surface area (Å²) in [5.74, 6) is 0.124. The minimum Gasteiger partial charge on any atom is -0.464 e. The molecule has 1 rings (SSSR count). The number of rotatable bonds is 5. The van der Waals surface area contributed by atoms with Gasteiger partial charge in [-0.3, -0.25) is 0 Å². The summed E-state index contributed by atoms with van der Waals surface area (Å²) < 4.78 is 9.42. The van der Waals surface area contributed by atoms with Crippen molar-refractivity contribution in [2.75, 3.05) is 6.61 Å². The van der Waals surface area contributed by atoms with E-state index >= 15 is 0 Å². The molecule has 5 heteroatoms. The van der Waals surface area contributed by atoms with Gasteiger partial charge in [-0.05, 0) is 47.1 Å². The molecule has 0 fully saturated rings. The zero-order valence-corrected chi connectivity index (χ0v) is 12.0. The molecule has 0 saturated heterocycles. The number of benzene rings is 1. The summed E-state index contributed by atoms with van der Waals surface area (Å²) in [5.41, 5.74) is 0. The lowest BCUT2D eigenvalue weighted by atomic mass is 10.2. The maximum Gasteiger partial charge on any atom is 0.361 e. The maximum absolute atomic E-state index is 11.7. The maximum atomic E-state index is 11.7. The molecule has 0 N–H and O–H groups in total. The number of halogens is 2. The first-order valence-electron chi connectivity index (χ1n) is 5.32. The summed E-state index contributed by atoms with van der Waals surface area (Å²) in [4.78, 5) is 11.7. The first-order chi connectivity index (χ1) is 8.01. The summed E-state index contributed by atoms with van der Waals surface area (Å²) >= 11 is 9.05. The summed E-state index contributed by atoms with van der Waals surface area (Å²) in [6, 6.07) is 6.80. The second-order valence-corrected chi connectivity index (χ2v) is 5.08. The molecule has 0 radical (unpaired) electrons. The van der Waals surface area contributed by atoms with Crippen molar-refractivity contribution < 1.29 is 14.3 Å². The number of hydrogen-bond acceptors (Lipinski definition) is 3. The SMILES string of the molecule is CCOC(=O)C(Br)(CC)Oc1ccc(Cl)cc1. The van der Waals surface area contributed by atoms with Crippen LogP contribution in [0, 0.1) is 0 Å². The molecule has 1 aromatic rings. The van der Waals surface area contributed by atoms with Gasteiger partial charge in [0.05, 0.1) is 6.61 Å². The Morgan fingerprint density at radius 2 is 1.94 bits per heavy atom. The highest BCUT2D eigenvalue weighted by molar-refractivity contribution is 9.10. The van der Waals surface area contributed by atoms with Gasteiger partial charge in [0.1, 0.15) is 5.75 Å². The van der Waals surface area contributed by atoms with Gasteiger partial charge in [0.25, 0.3) is 4.51 Å². The molecule has 0 aromatic heterocycles. The smallest absolute Gasteiger partial charge is 0.361 e. The zero-order valence-electron chi connectivity index (χ0n) is 9.70. The highest BCUT2D eigenvalue weighted by Crippen LogP contribution is 2.29. The van der Waals surface area contributed by atoms with Gasteiger partial charge in [0, 0.05) is 11.4 Å². The third kappa shape index (κ3) is 3.89. The molecular weight excluding hydrogens is 307 g/mol. The Morgan fingerprint density at radius 1 is 1.35 bits per heavy atom. The van der Waals surface area contributed by atoms with Crippen LogP contribution in [0.15, 0.2) is 24.3 Å². The monoisotopic (exact) mass is 320 g/mol. The predicted octanol–water partition coefficient (Wildman–Crippen LogP) is 3.78. The van der Waals surface area contributed by atoms with E-state index in [0.717, 1.165) is 0 Å². The Morgan fingerprint density at radius 3 is 2.41 bits per heavy atom. The normalized spacial score (nSPS) is 13.9. The third-order valence-electron chi connectivity index (χ3n) is 2.13. The molecular formula is C12H14BrClO3. The van der Waals surface area contributed by atoms with E-state index < -0.39 is 10.5 Å².